The van der Waals surface area contributed by atoms with E-state index in [0.717, 1.165) is 0 Å². The lowest BCUT2D eigenvalue weighted by molar-refractivity contribution is 0.661. The SMILES string of the molecule is Cc1ccc(N(c2ccc([Si](C)(C)C)cc2)c2ccc3c(c2)C(C)(C)c2cc(N(c4ccc(C)cc4)c4ccc([Si](C)(C)C)cc4)c4ccccc4c2-3)cc1. The van der Waals surface area contributed by atoms with E-state index in [4.69, 9.17) is 0 Å². The predicted octanol–water partition coefficient (Wildman–Crippen LogP) is 13.8. The molecule has 7 aromatic rings. The van der Waals surface area contributed by atoms with Crippen LogP contribution < -0.4 is 20.2 Å². The van der Waals surface area contributed by atoms with E-state index in [1.807, 2.05) is 0 Å². The van der Waals surface area contributed by atoms with E-state index in [9.17, 15) is 0 Å². The summed E-state index contributed by atoms with van der Waals surface area (Å²) in [6.07, 6.45) is 0. The molecule has 0 radical (unpaired) electrons. The van der Waals surface area contributed by atoms with Gasteiger partial charge in [0.05, 0.1) is 21.8 Å². The van der Waals surface area contributed by atoms with Crippen LogP contribution in [0.3, 0.4) is 0 Å². The van der Waals surface area contributed by atoms with Gasteiger partial charge in [0, 0.05) is 39.2 Å². The van der Waals surface area contributed by atoms with Crippen molar-refractivity contribution < 1.29 is 0 Å². The molecule has 0 spiro atoms. The maximum absolute atomic E-state index is 2.50. The van der Waals surface area contributed by atoms with Crippen molar-refractivity contribution in [3.05, 3.63) is 168 Å². The van der Waals surface area contributed by atoms with Crippen LogP contribution in [0.4, 0.5) is 34.1 Å². The van der Waals surface area contributed by atoms with Gasteiger partial charge in [-0.15, -0.1) is 0 Å². The molecule has 2 nitrogen and oxygen atoms in total. The van der Waals surface area contributed by atoms with E-state index in [2.05, 4.69) is 222 Å². The zero-order valence-corrected chi connectivity index (χ0v) is 36.3. The summed E-state index contributed by atoms with van der Waals surface area (Å²) < 4.78 is 0. The molecule has 55 heavy (non-hydrogen) atoms. The molecule has 0 amide bonds. The molecule has 276 valence electrons. The van der Waals surface area contributed by atoms with E-state index < -0.39 is 16.1 Å². The van der Waals surface area contributed by atoms with Gasteiger partial charge in [0.25, 0.3) is 0 Å². The zero-order chi connectivity index (χ0) is 38.9. The highest BCUT2D eigenvalue weighted by Gasteiger charge is 2.38. The molecule has 0 N–H and O–H groups in total. The Morgan fingerprint density at radius 3 is 1.31 bits per heavy atom. The van der Waals surface area contributed by atoms with E-state index in [1.165, 1.54) is 88.7 Å². The summed E-state index contributed by atoms with van der Waals surface area (Å²) in [6.45, 7) is 23.7. The van der Waals surface area contributed by atoms with Crippen LogP contribution in [0, 0.1) is 13.8 Å². The first-order chi connectivity index (χ1) is 26.1. The molecule has 0 saturated carbocycles. The van der Waals surface area contributed by atoms with Gasteiger partial charge in [0.1, 0.15) is 0 Å². The van der Waals surface area contributed by atoms with Crippen LogP contribution in [0.2, 0.25) is 39.3 Å². The van der Waals surface area contributed by atoms with Gasteiger partial charge in [0.15, 0.2) is 0 Å². The van der Waals surface area contributed by atoms with Gasteiger partial charge < -0.3 is 9.80 Å². The van der Waals surface area contributed by atoms with Crippen molar-refractivity contribution >= 4 is 71.4 Å². The van der Waals surface area contributed by atoms with Gasteiger partial charge in [0.2, 0.25) is 0 Å². The third-order valence-electron chi connectivity index (χ3n) is 11.7. The topological polar surface area (TPSA) is 6.48 Å². The fourth-order valence-electron chi connectivity index (χ4n) is 8.36. The molecule has 7 aromatic carbocycles. The van der Waals surface area contributed by atoms with Crippen molar-refractivity contribution in [1.82, 2.24) is 0 Å². The molecule has 1 aliphatic carbocycles. The predicted molar refractivity (Wildman–Crippen MR) is 246 cm³/mol. The molecule has 0 fully saturated rings. The second-order valence-corrected chi connectivity index (χ2v) is 28.3. The number of rotatable bonds is 8. The van der Waals surface area contributed by atoms with Crippen LogP contribution in [0.15, 0.2) is 146 Å². The Kier molecular flexibility index (Phi) is 9.06. The summed E-state index contributed by atoms with van der Waals surface area (Å²) in [6, 6.07) is 55.4. The van der Waals surface area contributed by atoms with Crippen LogP contribution >= 0.6 is 0 Å². The Morgan fingerprint density at radius 2 is 0.836 bits per heavy atom. The Bertz CT molecular complexity index is 2520. The molecule has 4 heteroatoms. The highest BCUT2D eigenvalue weighted by Crippen LogP contribution is 2.55. The molecular formula is C51H54N2Si2. The van der Waals surface area contributed by atoms with Crippen molar-refractivity contribution in [2.24, 2.45) is 0 Å². The van der Waals surface area contributed by atoms with E-state index in [0.29, 0.717) is 0 Å². The second kappa shape index (κ2) is 13.5. The van der Waals surface area contributed by atoms with Crippen LogP contribution in [-0.4, -0.2) is 16.1 Å². The molecule has 8 rings (SSSR count). The van der Waals surface area contributed by atoms with Gasteiger partial charge in [-0.1, -0.05) is 153 Å². The summed E-state index contributed by atoms with van der Waals surface area (Å²) in [4.78, 5) is 4.91. The average molecular weight is 751 g/mol. The highest BCUT2D eigenvalue weighted by molar-refractivity contribution is 6.89. The Labute approximate surface area is 331 Å². The standard InChI is InChI=1S/C51H54N2Si2/c1-35-15-19-37(20-16-35)52(38-23-28-42(29-24-38)54(5,6)7)41-27-32-46-47(33-41)51(3,4)48-34-49(44-13-11-12-14-45(44)50(46)48)53(39-21-17-36(2)18-22-39)40-25-30-43(31-26-40)55(8,9)10/h11-34H,1-10H3. The van der Waals surface area contributed by atoms with Crippen LogP contribution in [0.5, 0.6) is 0 Å². The molecule has 0 heterocycles. The van der Waals surface area contributed by atoms with Crippen molar-refractivity contribution in [3.8, 4) is 11.1 Å². The first kappa shape index (κ1) is 36.8. The summed E-state index contributed by atoms with van der Waals surface area (Å²) in [5, 5.41) is 5.49. The molecule has 0 aromatic heterocycles. The maximum atomic E-state index is 2.50. The summed E-state index contributed by atoms with van der Waals surface area (Å²) in [5.74, 6) is 0. The molecule has 0 saturated heterocycles. The molecular weight excluding hydrogens is 697 g/mol. The van der Waals surface area contributed by atoms with Crippen molar-refractivity contribution in [2.45, 2.75) is 72.4 Å². The van der Waals surface area contributed by atoms with Gasteiger partial charge in [-0.25, -0.2) is 0 Å². The number of anilines is 6. The van der Waals surface area contributed by atoms with Crippen LogP contribution in [-0.2, 0) is 5.41 Å². The maximum Gasteiger partial charge on any atom is 0.0775 e. The second-order valence-electron chi connectivity index (χ2n) is 18.2. The first-order valence-electron chi connectivity index (χ1n) is 19.8. The summed E-state index contributed by atoms with van der Waals surface area (Å²) >= 11 is 0. The Hall–Kier alpha value is -5.17. The third-order valence-corrected chi connectivity index (χ3v) is 15.8. The normalized spacial score (nSPS) is 13.4. The number of nitrogens with zero attached hydrogens (tertiary/aromatic N) is 2. The monoisotopic (exact) mass is 750 g/mol. The van der Waals surface area contributed by atoms with Gasteiger partial charge in [-0.05, 0) is 108 Å². The van der Waals surface area contributed by atoms with E-state index in [1.54, 1.807) is 0 Å². The molecule has 0 unspecified atom stereocenters. The number of hydrogen-bond acceptors (Lipinski definition) is 2. The third kappa shape index (κ3) is 6.66. The Balaban J connectivity index is 1.31. The smallest absolute Gasteiger partial charge is 0.0775 e. The quantitative estimate of drug-likeness (QED) is 0.143. The lowest BCUT2D eigenvalue weighted by atomic mass is 9.81. The molecule has 0 bridgehead atoms. The van der Waals surface area contributed by atoms with Crippen molar-refractivity contribution in [1.29, 1.82) is 0 Å². The van der Waals surface area contributed by atoms with Crippen LogP contribution in [0.25, 0.3) is 21.9 Å². The van der Waals surface area contributed by atoms with E-state index >= 15 is 0 Å². The van der Waals surface area contributed by atoms with Crippen molar-refractivity contribution in [2.75, 3.05) is 9.80 Å². The van der Waals surface area contributed by atoms with Crippen molar-refractivity contribution in [3.63, 3.8) is 0 Å². The zero-order valence-electron chi connectivity index (χ0n) is 34.3. The first-order valence-corrected chi connectivity index (χ1v) is 26.8. The average Bonchev–Trinajstić information content (AvgIpc) is 3.38. The van der Waals surface area contributed by atoms with Gasteiger partial charge in [-0.2, -0.15) is 0 Å². The largest absolute Gasteiger partial charge is 0.310 e. The minimum atomic E-state index is -1.46. The van der Waals surface area contributed by atoms with Gasteiger partial charge in [-0.3, -0.25) is 0 Å². The number of benzene rings is 7. The molecule has 0 atom stereocenters. The molecule has 0 aliphatic heterocycles. The number of aryl methyl sites for hydroxylation is 2. The van der Waals surface area contributed by atoms with Gasteiger partial charge >= 0.3 is 0 Å². The summed E-state index contributed by atoms with van der Waals surface area (Å²) in [7, 11) is -2.90. The number of hydrogen-bond donors (Lipinski definition) is 0. The van der Waals surface area contributed by atoms with E-state index in [-0.39, 0.29) is 5.41 Å². The summed E-state index contributed by atoms with van der Waals surface area (Å²) in [5.41, 5.74) is 14.8. The number of fused-ring (bicyclic) bond motifs is 5. The highest BCUT2D eigenvalue weighted by atomic mass is 28.3. The molecule has 1 aliphatic rings. The lowest BCUT2D eigenvalue weighted by Gasteiger charge is -2.30. The fraction of sp³-hybridized carbons (Fsp3) is 0.216. The van der Waals surface area contributed by atoms with Crippen LogP contribution in [0.1, 0.15) is 36.1 Å². The lowest BCUT2D eigenvalue weighted by Crippen LogP contribution is -2.37. The minimum absolute atomic E-state index is 0.235. The fourth-order valence-corrected chi connectivity index (χ4v) is 10.7. The Morgan fingerprint density at radius 1 is 0.418 bits per heavy atom. The minimum Gasteiger partial charge on any atom is -0.310 e.